The molecular formula is C22H28N2O. The molecule has 0 bridgehead atoms. The average Bonchev–Trinajstić information content (AvgIpc) is 2.62. The molecule has 2 aromatic rings. The number of hydrogen-bond acceptors (Lipinski definition) is 2. The van der Waals surface area contributed by atoms with E-state index in [-0.39, 0.29) is 11.3 Å². The summed E-state index contributed by atoms with van der Waals surface area (Å²) in [5.41, 5.74) is 4.18. The molecule has 0 saturated carbocycles. The first kappa shape index (κ1) is 17.7. The maximum atomic E-state index is 12.5. The van der Waals surface area contributed by atoms with Crippen LogP contribution in [-0.2, 0) is 5.41 Å². The Labute approximate surface area is 150 Å². The minimum atomic E-state index is -0.0529. The number of piperidine rings is 1. The van der Waals surface area contributed by atoms with Gasteiger partial charge in [-0.3, -0.25) is 4.79 Å². The summed E-state index contributed by atoms with van der Waals surface area (Å²) < 4.78 is 0. The van der Waals surface area contributed by atoms with Gasteiger partial charge in [0.25, 0.3) is 5.91 Å². The van der Waals surface area contributed by atoms with Gasteiger partial charge < -0.3 is 10.6 Å². The van der Waals surface area contributed by atoms with Crippen molar-refractivity contribution in [1.29, 1.82) is 0 Å². The van der Waals surface area contributed by atoms with Crippen LogP contribution in [0.3, 0.4) is 0 Å². The fourth-order valence-corrected chi connectivity index (χ4v) is 3.33. The zero-order chi connectivity index (χ0) is 17.9. The van der Waals surface area contributed by atoms with Crippen LogP contribution >= 0.6 is 0 Å². The average molecular weight is 336 g/mol. The van der Waals surface area contributed by atoms with Gasteiger partial charge in [-0.1, -0.05) is 45.0 Å². The molecule has 3 nitrogen and oxygen atoms in total. The number of nitrogens with one attached hydrogen (secondary N) is 2. The van der Waals surface area contributed by atoms with E-state index in [4.69, 9.17) is 0 Å². The van der Waals surface area contributed by atoms with Gasteiger partial charge in [0.2, 0.25) is 0 Å². The van der Waals surface area contributed by atoms with Gasteiger partial charge in [-0.15, -0.1) is 0 Å². The van der Waals surface area contributed by atoms with Crippen LogP contribution in [-0.4, -0.2) is 19.0 Å². The minimum absolute atomic E-state index is 0.0529. The molecular weight excluding hydrogens is 308 g/mol. The topological polar surface area (TPSA) is 41.1 Å². The Hall–Kier alpha value is -2.13. The Morgan fingerprint density at radius 2 is 1.72 bits per heavy atom. The summed E-state index contributed by atoms with van der Waals surface area (Å²) in [7, 11) is 0. The summed E-state index contributed by atoms with van der Waals surface area (Å²) in [4.78, 5) is 12.5. The van der Waals surface area contributed by atoms with Crippen molar-refractivity contribution in [3.63, 3.8) is 0 Å². The van der Waals surface area contributed by atoms with E-state index in [2.05, 4.69) is 55.7 Å². The highest BCUT2D eigenvalue weighted by atomic mass is 16.1. The maximum absolute atomic E-state index is 12.5. The summed E-state index contributed by atoms with van der Waals surface area (Å²) in [6.45, 7) is 8.68. The molecule has 1 amide bonds. The molecule has 0 atom stereocenters. The lowest BCUT2D eigenvalue weighted by atomic mass is 9.87. The molecule has 0 unspecified atom stereocenters. The monoisotopic (exact) mass is 336 g/mol. The molecule has 1 aliphatic rings. The largest absolute Gasteiger partial charge is 0.322 e. The number of carbonyl (C=O) groups is 1. The molecule has 1 saturated heterocycles. The first-order chi connectivity index (χ1) is 11.9. The molecule has 0 spiro atoms. The zero-order valence-electron chi connectivity index (χ0n) is 15.4. The van der Waals surface area contributed by atoms with Gasteiger partial charge in [0, 0.05) is 11.3 Å². The van der Waals surface area contributed by atoms with Crippen LogP contribution in [0.5, 0.6) is 0 Å². The van der Waals surface area contributed by atoms with Gasteiger partial charge in [-0.05, 0) is 72.7 Å². The Kier molecular flexibility index (Phi) is 5.24. The van der Waals surface area contributed by atoms with Crippen LogP contribution in [0.15, 0.2) is 48.5 Å². The first-order valence-electron chi connectivity index (χ1n) is 9.16. The standard InChI is InChI=1S/C22H28N2O/c1-22(2,3)19-5-4-6-20(15-19)24-21(25)18-9-7-16(8-10-18)17-11-13-23-14-12-17/h4-10,15,17,23H,11-14H2,1-3H3,(H,24,25). The van der Waals surface area contributed by atoms with E-state index < -0.39 is 0 Å². The van der Waals surface area contributed by atoms with Gasteiger partial charge in [0.15, 0.2) is 0 Å². The number of benzene rings is 2. The second-order valence-electron chi connectivity index (χ2n) is 7.93. The zero-order valence-corrected chi connectivity index (χ0v) is 15.4. The molecule has 0 radical (unpaired) electrons. The van der Waals surface area contributed by atoms with Crippen molar-refractivity contribution in [2.45, 2.75) is 44.9 Å². The second kappa shape index (κ2) is 7.40. The molecule has 0 aromatic heterocycles. The predicted octanol–water partition coefficient (Wildman–Crippen LogP) is 4.70. The summed E-state index contributed by atoms with van der Waals surface area (Å²) >= 11 is 0. The first-order valence-corrected chi connectivity index (χ1v) is 9.16. The van der Waals surface area contributed by atoms with Crippen molar-refractivity contribution in [3.8, 4) is 0 Å². The lowest BCUT2D eigenvalue weighted by Gasteiger charge is -2.23. The molecule has 3 rings (SSSR count). The Balaban J connectivity index is 1.69. The summed E-state index contributed by atoms with van der Waals surface area (Å²) in [5, 5.41) is 6.41. The summed E-state index contributed by atoms with van der Waals surface area (Å²) in [6.07, 6.45) is 2.34. The Morgan fingerprint density at radius 3 is 2.36 bits per heavy atom. The van der Waals surface area contributed by atoms with E-state index in [1.54, 1.807) is 0 Å². The molecule has 0 aliphatic carbocycles. The van der Waals surface area contributed by atoms with Crippen molar-refractivity contribution in [2.24, 2.45) is 0 Å². The number of hydrogen-bond donors (Lipinski definition) is 2. The molecule has 2 aromatic carbocycles. The van der Waals surface area contributed by atoms with Crippen LogP contribution in [0, 0.1) is 0 Å². The van der Waals surface area contributed by atoms with E-state index in [0.29, 0.717) is 11.5 Å². The third kappa shape index (κ3) is 4.49. The molecule has 132 valence electrons. The van der Waals surface area contributed by atoms with Gasteiger partial charge in [0.05, 0.1) is 0 Å². The van der Waals surface area contributed by atoms with Gasteiger partial charge in [-0.25, -0.2) is 0 Å². The minimum Gasteiger partial charge on any atom is -0.322 e. The lowest BCUT2D eigenvalue weighted by Crippen LogP contribution is -2.26. The van der Waals surface area contributed by atoms with E-state index in [1.165, 1.54) is 24.0 Å². The van der Waals surface area contributed by atoms with Crippen molar-refractivity contribution in [3.05, 3.63) is 65.2 Å². The highest BCUT2D eigenvalue weighted by molar-refractivity contribution is 6.04. The summed E-state index contributed by atoms with van der Waals surface area (Å²) in [6, 6.07) is 16.2. The fraction of sp³-hybridized carbons (Fsp3) is 0.409. The normalized spacial score (nSPS) is 15.8. The number of rotatable bonds is 3. The van der Waals surface area contributed by atoms with Crippen molar-refractivity contribution < 1.29 is 4.79 Å². The molecule has 1 heterocycles. The van der Waals surface area contributed by atoms with Crippen molar-refractivity contribution in [2.75, 3.05) is 18.4 Å². The molecule has 1 fully saturated rings. The van der Waals surface area contributed by atoms with Crippen LogP contribution in [0.4, 0.5) is 5.69 Å². The number of amides is 1. The smallest absolute Gasteiger partial charge is 0.255 e. The third-order valence-corrected chi connectivity index (χ3v) is 4.97. The second-order valence-corrected chi connectivity index (χ2v) is 7.93. The van der Waals surface area contributed by atoms with Gasteiger partial charge in [0.1, 0.15) is 0 Å². The van der Waals surface area contributed by atoms with Crippen LogP contribution in [0.25, 0.3) is 0 Å². The number of carbonyl (C=O) groups excluding carboxylic acids is 1. The van der Waals surface area contributed by atoms with Crippen LogP contribution in [0.2, 0.25) is 0 Å². The predicted molar refractivity (Wildman–Crippen MR) is 104 cm³/mol. The molecule has 25 heavy (non-hydrogen) atoms. The molecule has 3 heteroatoms. The Bertz CT molecular complexity index is 722. The van der Waals surface area contributed by atoms with Crippen LogP contribution in [0.1, 0.15) is 61.0 Å². The van der Waals surface area contributed by atoms with Gasteiger partial charge >= 0.3 is 0 Å². The molecule has 1 aliphatic heterocycles. The maximum Gasteiger partial charge on any atom is 0.255 e. The summed E-state index contributed by atoms with van der Waals surface area (Å²) in [5.74, 6) is 0.560. The lowest BCUT2D eigenvalue weighted by molar-refractivity contribution is 0.102. The fourth-order valence-electron chi connectivity index (χ4n) is 3.33. The van der Waals surface area contributed by atoms with E-state index >= 15 is 0 Å². The number of anilines is 1. The van der Waals surface area contributed by atoms with E-state index in [9.17, 15) is 4.79 Å². The highest BCUT2D eigenvalue weighted by Gasteiger charge is 2.16. The highest BCUT2D eigenvalue weighted by Crippen LogP contribution is 2.26. The third-order valence-electron chi connectivity index (χ3n) is 4.97. The van der Waals surface area contributed by atoms with E-state index in [1.807, 2.05) is 24.3 Å². The van der Waals surface area contributed by atoms with Gasteiger partial charge in [-0.2, -0.15) is 0 Å². The van der Waals surface area contributed by atoms with Crippen molar-refractivity contribution >= 4 is 11.6 Å². The van der Waals surface area contributed by atoms with Crippen molar-refractivity contribution in [1.82, 2.24) is 5.32 Å². The Morgan fingerprint density at radius 1 is 1.04 bits per heavy atom. The SMILES string of the molecule is CC(C)(C)c1cccc(NC(=O)c2ccc(C3CCNCC3)cc2)c1. The quantitative estimate of drug-likeness (QED) is 0.853. The van der Waals surface area contributed by atoms with E-state index in [0.717, 1.165) is 18.8 Å². The molecule has 2 N–H and O–H groups in total. The van der Waals surface area contributed by atoms with Crippen LogP contribution < -0.4 is 10.6 Å².